The quantitative estimate of drug-likeness (QED) is 0.689. The zero-order valence-electron chi connectivity index (χ0n) is 16.5. The highest BCUT2D eigenvalue weighted by Gasteiger charge is 2.12. The number of pyridine rings is 1. The van der Waals surface area contributed by atoms with Gasteiger partial charge in [0.1, 0.15) is 5.69 Å². The van der Waals surface area contributed by atoms with Crippen molar-refractivity contribution >= 4 is 23.2 Å². The van der Waals surface area contributed by atoms with E-state index in [9.17, 15) is 9.59 Å². The Bertz CT molecular complexity index is 956. The van der Waals surface area contributed by atoms with Crippen molar-refractivity contribution in [3.8, 4) is 0 Å². The molecule has 3 rings (SSSR count). The summed E-state index contributed by atoms with van der Waals surface area (Å²) in [6, 6.07) is 14.8. The number of amides is 2. The van der Waals surface area contributed by atoms with Crippen molar-refractivity contribution in [2.24, 2.45) is 0 Å². The fourth-order valence-corrected chi connectivity index (χ4v) is 2.95. The molecule has 0 saturated heterocycles. The maximum atomic E-state index is 12.4. The second-order valence-electron chi connectivity index (χ2n) is 6.98. The summed E-state index contributed by atoms with van der Waals surface area (Å²) in [5.41, 5.74) is 6.39. The molecule has 0 radical (unpaired) electrons. The summed E-state index contributed by atoms with van der Waals surface area (Å²) in [4.78, 5) is 29.0. The molecule has 0 saturated carbocycles. The van der Waals surface area contributed by atoms with Crippen molar-refractivity contribution in [1.29, 1.82) is 0 Å². The predicted octanol–water partition coefficient (Wildman–Crippen LogP) is 4.82. The minimum Gasteiger partial charge on any atom is -0.322 e. The van der Waals surface area contributed by atoms with Gasteiger partial charge in [0.25, 0.3) is 11.8 Å². The van der Waals surface area contributed by atoms with Crippen LogP contribution in [-0.4, -0.2) is 16.8 Å². The summed E-state index contributed by atoms with van der Waals surface area (Å²) in [5.74, 6) is -0.575. The molecule has 1 heterocycles. The van der Waals surface area contributed by atoms with Crippen LogP contribution in [0.5, 0.6) is 0 Å². The van der Waals surface area contributed by atoms with Crippen molar-refractivity contribution < 1.29 is 9.59 Å². The average molecular weight is 373 g/mol. The normalized spacial score (nSPS) is 10.4. The van der Waals surface area contributed by atoms with Crippen LogP contribution in [0.15, 0.2) is 54.7 Å². The van der Waals surface area contributed by atoms with Crippen molar-refractivity contribution in [2.75, 3.05) is 10.6 Å². The molecule has 28 heavy (non-hydrogen) atoms. The van der Waals surface area contributed by atoms with Crippen LogP contribution in [0.4, 0.5) is 11.4 Å². The number of nitrogens with zero attached hydrogens (tertiary/aromatic N) is 1. The smallest absolute Gasteiger partial charge is 0.274 e. The first-order chi connectivity index (χ1) is 13.3. The number of benzene rings is 2. The first-order valence-electron chi connectivity index (χ1n) is 9.07. The van der Waals surface area contributed by atoms with Crippen LogP contribution in [0.25, 0.3) is 0 Å². The molecule has 0 bridgehead atoms. The van der Waals surface area contributed by atoms with Crippen LogP contribution < -0.4 is 10.6 Å². The van der Waals surface area contributed by atoms with E-state index in [2.05, 4.69) is 15.6 Å². The van der Waals surface area contributed by atoms with Gasteiger partial charge in [0.15, 0.2) is 0 Å². The van der Waals surface area contributed by atoms with Gasteiger partial charge in [-0.05, 0) is 63.1 Å². The zero-order valence-corrected chi connectivity index (χ0v) is 16.5. The molecule has 5 heteroatoms. The zero-order chi connectivity index (χ0) is 20.3. The van der Waals surface area contributed by atoms with Crippen LogP contribution in [0.3, 0.4) is 0 Å². The van der Waals surface area contributed by atoms with Crippen LogP contribution >= 0.6 is 0 Å². The number of rotatable bonds is 4. The fourth-order valence-electron chi connectivity index (χ4n) is 2.95. The minimum atomic E-state index is -0.312. The Labute approximate surface area is 164 Å². The summed E-state index contributed by atoms with van der Waals surface area (Å²) in [6.07, 6.45) is 1.41. The van der Waals surface area contributed by atoms with Crippen molar-refractivity contribution in [1.82, 2.24) is 4.98 Å². The van der Waals surface area contributed by atoms with Crippen molar-refractivity contribution in [2.45, 2.75) is 27.7 Å². The first kappa shape index (κ1) is 19.3. The SMILES string of the molecule is Cc1ccc(NC(=O)c2ccc(C(=O)Nc3ccc(C)cc3C)nc2)c(C)c1. The van der Waals surface area contributed by atoms with E-state index >= 15 is 0 Å². The maximum absolute atomic E-state index is 12.4. The second-order valence-corrected chi connectivity index (χ2v) is 6.98. The number of hydrogen-bond acceptors (Lipinski definition) is 3. The molecule has 2 amide bonds. The van der Waals surface area contributed by atoms with Gasteiger partial charge in [-0.25, -0.2) is 0 Å². The number of nitrogens with one attached hydrogen (secondary N) is 2. The van der Waals surface area contributed by atoms with Crippen LogP contribution in [-0.2, 0) is 0 Å². The van der Waals surface area contributed by atoms with Gasteiger partial charge < -0.3 is 10.6 Å². The first-order valence-corrected chi connectivity index (χ1v) is 9.07. The molecule has 3 aromatic rings. The Hall–Kier alpha value is -3.47. The molecule has 0 fully saturated rings. The Kier molecular flexibility index (Phi) is 5.54. The van der Waals surface area contributed by atoms with Gasteiger partial charge in [0.05, 0.1) is 5.56 Å². The largest absolute Gasteiger partial charge is 0.322 e. The molecule has 1 aromatic heterocycles. The van der Waals surface area contributed by atoms with Crippen LogP contribution in [0, 0.1) is 27.7 Å². The van der Waals surface area contributed by atoms with Crippen LogP contribution in [0.2, 0.25) is 0 Å². The van der Waals surface area contributed by atoms with Crippen molar-refractivity contribution in [3.63, 3.8) is 0 Å². The number of aromatic nitrogens is 1. The highest BCUT2D eigenvalue weighted by atomic mass is 16.2. The maximum Gasteiger partial charge on any atom is 0.274 e. The summed E-state index contributed by atoms with van der Waals surface area (Å²) in [7, 11) is 0. The van der Waals surface area contributed by atoms with E-state index in [1.54, 1.807) is 12.1 Å². The summed E-state index contributed by atoms with van der Waals surface area (Å²) < 4.78 is 0. The van der Waals surface area contributed by atoms with Gasteiger partial charge in [-0.1, -0.05) is 35.4 Å². The lowest BCUT2D eigenvalue weighted by atomic mass is 10.1. The Morgan fingerprint density at radius 2 is 1.25 bits per heavy atom. The average Bonchev–Trinajstić information content (AvgIpc) is 2.66. The molecule has 142 valence electrons. The van der Waals surface area contributed by atoms with Gasteiger partial charge >= 0.3 is 0 Å². The van der Waals surface area contributed by atoms with Gasteiger partial charge in [-0.3, -0.25) is 14.6 Å². The summed E-state index contributed by atoms with van der Waals surface area (Å²) >= 11 is 0. The molecule has 0 aliphatic carbocycles. The number of aryl methyl sites for hydroxylation is 4. The van der Waals surface area contributed by atoms with E-state index in [0.29, 0.717) is 5.56 Å². The minimum absolute atomic E-state index is 0.253. The molecule has 0 aliphatic heterocycles. The van der Waals surface area contributed by atoms with E-state index in [1.165, 1.54) is 6.20 Å². The summed E-state index contributed by atoms with van der Waals surface area (Å²) in [6.45, 7) is 7.89. The Balaban J connectivity index is 1.70. The van der Waals surface area contributed by atoms with E-state index in [4.69, 9.17) is 0 Å². The molecule has 0 spiro atoms. The molecule has 0 atom stereocenters. The lowest BCUT2D eigenvalue weighted by Gasteiger charge is -2.10. The Morgan fingerprint density at radius 1 is 0.714 bits per heavy atom. The molecular formula is C23H23N3O2. The number of carbonyl (C=O) groups is 2. The topological polar surface area (TPSA) is 71.1 Å². The predicted molar refractivity (Wildman–Crippen MR) is 112 cm³/mol. The molecule has 0 aliphatic rings. The third-order valence-corrected chi connectivity index (χ3v) is 4.52. The van der Waals surface area contributed by atoms with Crippen molar-refractivity contribution in [3.05, 3.63) is 88.2 Å². The molecule has 2 aromatic carbocycles. The fraction of sp³-hybridized carbons (Fsp3) is 0.174. The summed E-state index contributed by atoms with van der Waals surface area (Å²) in [5, 5.41) is 5.73. The van der Waals surface area contributed by atoms with Crippen LogP contribution in [0.1, 0.15) is 43.1 Å². The van der Waals surface area contributed by atoms with Gasteiger partial charge in [0.2, 0.25) is 0 Å². The number of hydrogen-bond donors (Lipinski definition) is 2. The number of anilines is 2. The van der Waals surface area contributed by atoms with E-state index in [-0.39, 0.29) is 17.5 Å². The van der Waals surface area contributed by atoms with E-state index in [0.717, 1.165) is 33.6 Å². The third-order valence-electron chi connectivity index (χ3n) is 4.52. The van der Waals surface area contributed by atoms with E-state index < -0.39 is 0 Å². The third kappa shape index (κ3) is 4.43. The van der Waals surface area contributed by atoms with Gasteiger partial charge in [-0.2, -0.15) is 0 Å². The molecule has 2 N–H and O–H groups in total. The molecule has 0 unspecified atom stereocenters. The lowest BCUT2D eigenvalue weighted by Crippen LogP contribution is -2.16. The monoisotopic (exact) mass is 373 g/mol. The van der Waals surface area contributed by atoms with Gasteiger partial charge in [0, 0.05) is 17.6 Å². The van der Waals surface area contributed by atoms with E-state index in [1.807, 2.05) is 64.1 Å². The Morgan fingerprint density at radius 3 is 1.71 bits per heavy atom. The molecule has 5 nitrogen and oxygen atoms in total. The standard InChI is InChI=1S/C23H23N3O2/c1-14-5-8-19(16(3)11-14)25-22(27)18-7-10-21(24-13-18)23(28)26-20-9-6-15(2)12-17(20)4/h5-13H,1-4H3,(H,25,27)(H,26,28). The van der Waals surface area contributed by atoms with Gasteiger partial charge in [-0.15, -0.1) is 0 Å². The number of carbonyl (C=O) groups excluding carboxylic acids is 2. The highest BCUT2D eigenvalue weighted by molar-refractivity contribution is 6.06. The second kappa shape index (κ2) is 8.05. The lowest BCUT2D eigenvalue weighted by molar-refractivity contribution is 0.101. The highest BCUT2D eigenvalue weighted by Crippen LogP contribution is 2.18. The molecular weight excluding hydrogens is 350 g/mol.